The SMILES string of the molecule is COc1ccc(-c2sc(NC(=O)C(C)(C)C)nc2C)cc1S(=O)(=O)Nc1ccc(O)cc1CC(C)C. The summed E-state index contributed by atoms with van der Waals surface area (Å²) in [6, 6.07) is 9.47. The number of carbonyl (C=O) groups excluding carboxylic acids is 1. The smallest absolute Gasteiger partial charge is 0.265 e. The largest absolute Gasteiger partial charge is 0.508 e. The molecule has 0 saturated heterocycles. The molecule has 0 fully saturated rings. The number of methoxy groups -OCH3 is 1. The van der Waals surface area contributed by atoms with Gasteiger partial charge in [0.05, 0.1) is 23.4 Å². The topological polar surface area (TPSA) is 118 Å². The summed E-state index contributed by atoms with van der Waals surface area (Å²) in [7, 11) is -2.63. The molecular weight excluding hydrogens is 498 g/mol. The highest BCUT2D eigenvalue weighted by atomic mass is 32.2. The van der Waals surface area contributed by atoms with E-state index in [4.69, 9.17) is 4.74 Å². The van der Waals surface area contributed by atoms with Crippen molar-refractivity contribution in [2.75, 3.05) is 17.1 Å². The lowest BCUT2D eigenvalue weighted by Crippen LogP contribution is -2.27. The van der Waals surface area contributed by atoms with Crippen LogP contribution in [0.4, 0.5) is 10.8 Å². The van der Waals surface area contributed by atoms with Crippen LogP contribution in [0.15, 0.2) is 41.3 Å². The monoisotopic (exact) mass is 531 g/mol. The van der Waals surface area contributed by atoms with Crippen LogP contribution in [0.1, 0.15) is 45.9 Å². The predicted molar refractivity (Wildman–Crippen MR) is 144 cm³/mol. The molecule has 0 spiro atoms. The lowest BCUT2D eigenvalue weighted by molar-refractivity contribution is -0.123. The van der Waals surface area contributed by atoms with Crippen LogP contribution in [-0.4, -0.2) is 31.5 Å². The highest BCUT2D eigenvalue weighted by Crippen LogP contribution is 2.38. The molecule has 0 radical (unpaired) electrons. The van der Waals surface area contributed by atoms with Crippen molar-refractivity contribution < 1.29 is 23.1 Å². The van der Waals surface area contributed by atoms with Crippen molar-refractivity contribution in [1.82, 2.24) is 4.98 Å². The van der Waals surface area contributed by atoms with E-state index in [1.807, 2.05) is 41.5 Å². The van der Waals surface area contributed by atoms with Crippen molar-refractivity contribution in [3.8, 4) is 21.9 Å². The fourth-order valence-corrected chi connectivity index (χ4v) is 5.77. The molecule has 1 aromatic heterocycles. The summed E-state index contributed by atoms with van der Waals surface area (Å²) in [6.45, 7) is 11.3. The molecule has 0 aliphatic rings. The highest BCUT2D eigenvalue weighted by Gasteiger charge is 2.25. The summed E-state index contributed by atoms with van der Waals surface area (Å²) in [5.41, 5.74) is 1.82. The van der Waals surface area contributed by atoms with Gasteiger partial charge in [-0.2, -0.15) is 0 Å². The highest BCUT2D eigenvalue weighted by molar-refractivity contribution is 7.92. The van der Waals surface area contributed by atoms with Gasteiger partial charge in [-0.15, -0.1) is 0 Å². The second kappa shape index (κ2) is 10.5. The third-order valence-corrected chi connectivity index (χ3v) is 7.88. The third kappa shape index (κ3) is 6.36. The molecule has 1 heterocycles. The standard InChI is InChI=1S/C26H33N3O5S2/c1-15(2)12-18-13-19(30)9-10-20(18)29-36(32,33)22-14-17(8-11-21(22)34-7)23-16(3)27-25(35-23)28-24(31)26(4,5)6/h8-11,13-15,29-30H,12H2,1-7H3,(H,27,28,31). The second-order valence-corrected chi connectivity index (χ2v) is 12.7. The molecule has 0 aliphatic carbocycles. The van der Waals surface area contributed by atoms with Crippen LogP contribution in [0.5, 0.6) is 11.5 Å². The maximum absolute atomic E-state index is 13.5. The van der Waals surface area contributed by atoms with Crippen molar-refractivity contribution >= 4 is 38.1 Å². The van der Waals surface area contributed by atoms with Crippen LogP contribution in [0.25, 0.3) is 10.4 Å². The van der Waals surface area contributed by atoms with Crippen LogP contribution in [0.2, 0.25) is 0 Å². The Kier molecular flexibility index (Phi) is 8.00. The number of aromatic nitrogens is 1. The van der Waals surface area contributed by atoms with Crippen molar-refractivity contribution in [1.29, 1.82) is 0 Å². The first-order valence-electron chi connectivity index (χ1n) is 11.5. The van der Waals surface area contributed by atoms with E-state index in [1.54, 1.807) is 30.3 Å². The van der Waals surface area contributed by atoms with Crippen LogP contribution in [0.3, 0.4) is 0 Å². The van der Waals surface area contributed by atoms with Gasteiger partial charge in [0.2, 0.25) is 5.91 Å². The molecule has 2 aromatic carbocycles. The van der Waals surface area contributed by atoms with Crippen LogP contribution in [0, 0.1) is 18.3 Å². The van der Waals surface area contributed by atoms with Gasteiger partial charge in [-0.05, 0) is 66.8 Å². The van der Waals surface area contributed by atoms with E-state index in [9.17, 15) is 18.3 Å². The van der Waals surface area contributed by atoms with Crippen molar-refractivity contribution in [3.05, 3.63) is 47.7 Å². The Morgan fingerprint density at radius 3 is 2.47 bits per heavy atom. The van der Waals surface area contributed by atoms with Gasteiger partial charge >= 0.3 is 0 Å². The van der Waals surface area contributed by atoms with Gasteiger partial charge in [-0.1, -0.05) is 46.0 Å². The van der Waals surface area contributed by atoms with E-state index in [-0.39, 0.29) is 28.2 Å². The molecule has 8 nitrogen and oxygen atoms in total. The van der Waals surface area contributed by atoms with E-state index in [0.717, 1.165) is 4.88 Å². The first-order chi connectivity index (χ1) is 16.7. The van der Waals surface area contributed by atoms with Gasteiger partial charge in [-0.3, -0.25) is 9.52 Å². The Bertz CT molecular complexity index is 1370. The number of hydrogen-bond acceptors (Lipinski definition) is 7. The molecular formula is C26H33N3O5S2. The number of amides is 1. The fraction of sp³-hybridized carbons (Fsp3) is 0.385. The zero-order valence-corrected chi connectivity index (χ0v) is 23.2. The van der Waals surface area contributed by atoms with E-state index < -0.39 is 15.4 Å². The predicted octanol–water partition coefficient (Wildman–Crippen LogP) is 5.82. The summed E-state index contributed by atoms with van der Waals surface area (Å²) < 4.78 is 35.1. The summed E-state index contributed by atoms with van der Waals surface area (Å²) in [5, 5.41) is 13.2. The number of hydrogen-bond donors (Lipinski definition) is 3. The summed E-state index contributed by atoms with van der Waals surface area (Å²) in [6.07, 6.45) is 0.590. The molecule has 1 amide bonds. The first-order valence-corrected chi connectivity index (χ1v) is 13.8. The van der Waals surface area contributed by atoms with Crippen LogP contribution >= 0.6 is 11.3 Å². The molecule has 194 valence electrons. The maximum Gasteiger partial charge on any atom is 0.265 e. The molecule has 3 aromatic rings. The quantitative estimate of drug-likeness (QED) is 0.316. The number of carbonyl (C=O) groups is 1. The summed E-state index contributed by atoms with van der Waals surface area (Å²) >= 11 is 1.28. The van der Waals surface area contributed by atoms with Gasteiger partial charge in [-0.25, -0.2) is 13.4 Å². The molecule has 10 heteroatoms. The van der Waals surface area contributed by atoms with E-state index in [0.29, 0.717) is 34.1 Å². The number of phenolic OH excluding ortho intramolecular Hbond substituents is 1. The number of aryl methyl sites for hydroxylation is 1. The molecule has 0 aliphatic heterocycles. The zero-order valence-electron chi connectivity index (χ0n) is 21.6. The average Bonchev–Trinajstić information content (AvgIpc) is 3.14. The molecule has 3 rings (SSSR count). The molecule has 0 bridgehead atoms. The van der Waals surface area contributed by atoms with E-state index in [2.05, 4.69) is 15.0 Å². The second-order valence-electron chi connectivity index (χ2n) is 10.0. The average molecular weight is 532 g/mol. The number of thiazole rings is 1. The third-order valence-electron chi connectivity index (χ3n) is 5.37. The van der Waals surface area contributed by atoms with E-state index in [1.165, 1.54) is 24.5 Å². The Hall–Kier alpha value is -3.11. The van der Waals surface area contributed by atoms with Crippen LogP contribution in [-0.2, 0) is 21.2 Å². The minimum absolute atomic E-state index is 0.0286. The van der Waals surface area contributed by atoms with E-state index >= 15 is 0 Å². The zero-order chi connectivity index (χ0) is 26.8. The number of nitrogens with zero attached hydrogens (tertiary/aromatic N) is 1. The number of nitrogens with one attached hydrogen (secondary N) is 2. The Morgan fingerprint density at radius 1 is 1.17 bits per heavy atom. The Balaban J connectivity index is 2.01. The van der Waals surface area contributed by atoms with Gasteiger partial charge < -0.3 is 15.2 Å². The number of rotatable bonds is 8. The van der Waals surface area contributed by atoms with Gasteiger partial charge in [0.1, 0.15) is 16.4 Å². The summed E-state index contributed by atoms with van der Waals surface area (Å²) in [4.78, 5) is 17.6. The number of anilines is 2. The molecule has 0 saturated carbocycles. The number of aromatic hydroxyl groups is 1. The molecule has 3 N–H and O–H groups in total. The lowest BCUT2D eigenvalue weighted by atomic mass is 9.96. The molecule has 36 heavy (non-hydrogen) atoms. The van der Waals surface area contributed by atoms with Gasteiger partial charge in [0.25, 0.3) is 10.0 Å². The number of phenols is 1. The lowest BCUT2D eigenvalue weighted by Gasteiger charge is -2.16. The number of benzene rings is 2. The molecule has 0 atom stereocenters. The minimum Gasteiger partial charge on any atom is -0.508 e. The normalized spacial score (nSPS) is 12.0. The van der Waals surface area contributed by atoms with Gasteiger partial charge in [0, 0.05) is 5.41 Å². The first kappa shape index (κ1) is 27.5. The Labute approximate surface area is 216 Å². The number of sulfonamides is 1. The maximum atomic E-state index is 13.5. The summed E-state index contributed by atoms with van der Waals surface area (Å²) in [5.74, 6) is 0.369. The number of ether oxygens (including phenoxy) is 1. The van der Waals surface area contributed by atoms with Crippen LogP contribution < -0.4 is 14.8 Å². The fourth-order valence-electron chi connectivity index (χ4n) is 3.52. The van der Waals surface area contributed by atoms with Crippen molar-refractivity contribution in [2.24, 2.45) is 11.3 Å². The Morgan fingerprint density at radius 2 is 1.86 bits per heavy atom. The van der Waals surface area contributed by atoms with Crippen molar-refractivity contribution in [3.63, 3.8) is 0 Å². The molecule has 0 unspecified atom stereocenters. The van der Waals surface area contributed by atoms with Crippen molar-refractivity contribution in [2.45, 2.75) is 52.9 Å². The van der Waals surface area contributed by atoms with Gasteiger partial charge in [0.15, 0.2) is 5.13 Å². The minimum atomic E-state index is -4.04.